The summed E-state index contributed by atoms with van der Waals surface area (Å²) in [5.74, 6) is -4.62. The molecule has 0 unspecified atom stereocenters. The van der Waals surface area contributed by atoms with E-state index >= 15 is 0 Å². The highest BCUT2D eigenvalue weighted by molar-refractivity contribution is 6.27. The number of H-pyrrole nitrogens is 1. The second kappa shape index (κ2) is 20.0. The van der Waals surface area contributed by atoms with Crippen molar-refractivity contribution in [1.29, 1.82) is 0 Å². The number of nitrogens with zero attached hydrogens (tertiary/aromatic N) is 2. The fourth-order valence-electron chi connectivity index (χ4n) is 6.48. The van der Waals surface area contributed by atoms with E-state index in [9.17, 15) is 38.7 Å². The molecule has 290 valence electrons. The Bertz CT molecular complexity index is 1800. The summed E-state index contributed by atoms with van der Waals surface area (Å²) in [7, 11) is 1.58. The van der Waals surface area contributed by atoms with E-state index in [2.05, 4.69) is 26.3 Å². The first kappa shape index (κ1) is 41.1. The van der Waals surface area contributed by atoms with Gasteiger partial charge in [-0.25, -0.2) is 4.79 Å². The molecule has 1 fully saturated rings. The Kier molecular flexibility index (Phi) is 15.2. The lowest BCUT2D eigenvalue weighted by molar-refractivity contribution is -0.146. The van der Waals surface area contributed by atoms with Crippen molar-refractivity contribution >= 4 is 69.7 Å². The number of likely N-dealkylation sites (N-methyl/N-ethyl adjacent to an activating group) is 1. The molecular weight excluding hydrogens is 720 g/mol. The molecule has 1 aliphatic heterocycles. The zero-order chi connectivity index (χ0) is 39.2. The summed E-state index contributed by atoms with van der Waals surface area (Å²) in [5.41, 5.74) is 7.34. The highest BCUT2D eigenvalue weighted by atomic mass is 35.5. The molecule has 1 aliphatic rings. The third-order valence-corrected chi connectivity index (χ3v) is 9.52. The average Bonchev–Trinajstić information content (AvgIpc) is 3.58. The van der Waals surface area contributed by atoms with Gasteiger partial charge in [-0.2, -0.15) is 0 Å². The number of aromatic amines is 1. The average molecular weight is 767 g/mol. The van der Waals surface area contributed by atoms with Gasteiger partial charge in [0.2, 0.25) is 29.5 Å². The number of aliphatic carboxylic acids is 1. The van der Waals surface area contributed by atoms with Crippen LogP contribution in [0.25, 0.3) is 10.9 Å². The van der Waals surface area contributed by atoms with Crippen molar-refractivity contribution in [2.75, 3.05) is 30.9 Å². The molecule has 7 amide bonds. The number of nitrogens with two attached hydrogens (primary N) is 1. The number of anilines is 1. The maximum Gasteiger partial charge on any atom is 0.312 e. The Morgan fingerprint density at radius 2 is 1.67 bits per heavy atom. The monoisotopic (exact) mass is 766 g/mol. The summed E-state index contributed by atoms with van der Waals surface area (Å²) in [6.45, 7) is 0.322. The van der Waals surface area contributed by atoms with Crippen LogP contribution in [0.1, 0.15) is 50.5 Å². The minimum absolute atomic E-state index is 0.0218. The van der Waals surface area contributed by atoms with Crippen LogP contribution in [-0.2, 0) is 35.2 Å². The van der Waals surface area contributed by atoms with E-state index in [4.69, 9.17) is 17.3 Å². The number of urea groups is 1. The summed E-state index contributed by atoms with van der Waals surface area (Å²) >= 11 is 5.66. The van der Waals surface area contributed by atoms with Crippen molar-refractivity contribution in [1.82, 2.24) is 31.2 Å². The minimum Gasteiger partial charge on any atom is -0.481 e. The van der Waals surface area contributed by atoms with E-state index in [0.717, 1.165) is 16.5 Å². The molecule has 0 saturated carbocycles. The Labute approximate surface area is 317 Å². The van der Waals surface area contributed by atoms with Gasteiger partial charge in [0, 0.05) is 55.8 Å². The Morgan fingerprint density at radius 3 is 2.37 bits per heavy atom. The summed E-state index contributed by atoms with van der Waals surface area (Å²) in [5, 5.41) is 20.7. The number of benzene rings is 2. The number of carboxylic acid groups (broad SMARTS) is 1. The van der Waals surface area contributed by atoms with E-state index in [1.807, 2.05) is 30.3 Å². The normalized spacial score (nSPS) is 15.7. The molecule has 8 N–H and O–H groups in total. The van der Waals surface area contributed by atoms with Crippen LogP contribution >= 0.6 is 11.6 Å². The molecule has 1 saturated heterocycles. The first-order valence-corrected chi connectivity index (χ1v) is 18.3. The quantitative estimate of drug-likeness (QED) is 0.0743. The van der Waals surface area contributed by atoms with Crippen molar-refractivity contribution in [2.24, 2.45) is 5.73 Å². The predicted molar refractivity (Wildman–Crippen MR) is 201 cm³/mol. The number of likely N-dealkylation sites (tertiary alicyclic amines) is 1. The second-order valence-electron chi connectivity index (χ2n) is 13.1. The SMILES string of the molecule is CN(C(=O)[C@H](CCCNC(N)=O)NC(=O)[C@H](Cc1c[nH]c2ccccc12)NC(=O)[C@@H]1CCCCN1C(=O)[C@H](CCC(=O)O)NC(=O)CCl)c1ccccc1. The highest BCUT2D eigenvalue weighted by Crippen LogP contribution is 2.22. The Morgan fingerprint density at radius 1 is 0.944 bits per heavy atom. The molecule has 2 aromatic carbocycles. The number of hydrogen-bond donors (Lipinski definition) is 7. The van der Waals surface area contributed by atoms with Gasteiger partial charge in [0.05, 0.1) is 0 Å². The van der Waals surface area contributed by atoms with E-state index in [-0.39, 0.29) is 38.8 Å². The number of piperidine rings is 1. The van der Waals surface area contributed by atoms with Crippen LogP contribution in [0.5, 0.6) is 0 Å². The van der Waals surface area contributed by atoms with Gasteiger partial charge in [0.25, 0.3) is 0 Å². The lowest BCUT2D eigenvalue weighted by Gasteiger charge is -2.37. The second-order valence-corrected chi connectivity index (χ2v) is 13.3. The molecule has 3 aromatic rings. The molecular formula is C37H47ClN8O8. The molecule has 0 spiro atoms. The minimum atomic E-state index is -1.23. The van der Waals surface area contributed by atoms with Crippen LogP contribution in [0.4, 0.5) is 10.5 Å². The van der Waals surface area contributed by atoms with Crippen molar-refractivity contribution < 1.29 is 38.7 Å². The van der Waals surface area contributed by atoms with Gasteiger partial charge in [-0.1, -0.05) is 36.4 Å². The molecule has 2 heterocycles. The first-order valence-electron chi connectivity index (χ1n) is 17.8. The third-order valence-electron chi connectivity index (χ3n) is 9.28. The number of carbonyl (C=O) groups excluding carboxylic acids is 6. The van der Waals surface area contributed by atoms with Crippen LogP contribution in [0.15, 0.2) is 60.8 Å². The van der Waals surface area contributed by atoms with Gasteiger partial charge in [0.1, 0.15) is 30.0 Å². The van der Waals surface area contributed by atoms with Crippen molar-refractivity contribution in [3.8, 4) is 0 Å². The van der Waals surface area contributed by atoms with Crippen molar-refractivity contribution in [2.45, 2.75) is 75.5 Å². The molecule has 4 atom stereocenters. The Hall–Kier alpha value is -5.64. The molecule has 17 heteroatoms. The number of carbonyl (C=O) groups is 7. The number of amides is 7. The van der Waals surface area contributed by atoms with Crippen LogP contribution in [0, 0.1) is 0 Å². The lowest BCUT2D eigenvalue weighted by Crippen LogP contribution is -2.60. The molecule has 54 heavy (non-hydrogen) atoms. The van der Waals surface area contributed by atoms with Crippen LogP contribution in [0.3, 0.4) is 0 Å². The van der Waals surface area contributed by atoms with E-state index in [1.165, 1.54) is 9.80 Å². The van der Waals surface area contributed by atoms with Crippen LogP contribution in [0.2, 0.25) is 0 Å². The molecule has 16 nitrogen and oxygen atoms in total. The van der Waals surface area contributed by atoms with Crippen LogP contribution < -0.4 is 31.9 Å². The zero-order valence-electron chi connectivity index (χ0n) is 30.0. The number of nitrogens with one attached hydrogen (secondary N) is 5. The standard InChI is InChI=1S/C37H47ClN8O8/c1-45(24-10-3-2-4-11-24)35(52)27(14-9-18-40-37(39)54)43-33(50)29(20-23-22-41-26-13-6-5-12-25(23)26)44-34(51)30-15-7-8-19-46(30)36(53)28(16-17-32(48)49)42-31(47)21-38/h2-6,10-13,22,27-30,41H,7-9,14-21H2,1H3,(H,42,47)(H,43,50)(H,44,51)(H,48,49)(H3,39,40,54)/t27-,28-,29-,30-/m0/s1. The molecule has 0 bridgehead atoms. The predicted octanol–water partition coefficient (Wildman–Crippen LogP) is 1.76. The number of halogens is 1. The number of primary amides is 1. The molecule has 0 aliphatic carbocycles. The van der Waals surface area contributed by atoms with E-state index < -0.39 is 78.0 Å². The maximum absolute atomic E-state index is 14.3. The molecule has 4 rings (SSSR count). The number of fused-ring (bicyclic) bond motifs is 1. The zero-order valence-corrected chi connectivity index (χ0v) is 30.8. The topological polar surface area (TPSA) is 236 Å². The van der Waals surface area contributed by atoms with Crippen LogP contribution in [-0.4, -0.2) is 107 Å². The van der Waals surface area contributed by atoms with Gasteiger partial charge in [-0.05, 0) is 62.3 Å². The fraction of sp³-hybridized carbons (Fsp3) is 0.432. The van der Waals surface area contributed by atoms with Gasteiger partial charge >= 0.3 is 12.0 Å². The summed E-state index contributed by atoms with van der Waals surface area (Å²) in [6, 6.07) is 11.0. The lowest BCUT2D eigenvalue weighted by atomic mass is 9.97. The van der Waals surface area contributed by atoms with Crippen molar-refractivity contribution in [3.05, 3.63) is 66.4 Å². The summed E-state index contributed by atoms with van der Waals surface area (Å²) in [6.07, 6.45) is 2.98. The Balaban J connectivity index is 1.62. The molecule has 1 aromatic heterocycles. The van der Waals surface area contributed by atoms with Crippen molar-refractivity contribution in [3.63, 3.8) is 0 Å². The smallest absolute Gasteiger partial charge is 0.312 e. The number of carboxylic acids is 1. The van der Waals surface area contributed by atoms with Gasteiger partial charge in [0.15, 0.2) is 0 Å². The molecule has 0 radical (unpaired) electrons. The number of para-hydroxylation sites is 2. The number of hydrogen-bond acceptors (Lipinski definition) is 7. The number of rotatable bonds is 18. The summed E-state index contributed by atoms with van der Waals surface area (Å²) in [4.78, 5) is 96.8. The largest absolute Gasteiger partial charge is 0.481 e. The third kappa shape index (κ3) is 11.4. The highest BCUT2D eigenvalue weighted by Gasteiger charge is 2.38. The number of alkyl halides is 1. The van der Waals surface area contributed by atoms with E-state index in [1.54, 1.807) is 37.5 Å². The fourth-order valence-corrected chi connectivity index (χ4v) is 6.56. The van der Waals surface area contributed by atoms with E-state index in [0.29, 0.717) is 24.9 Å². The summed E-state index contributed by atoms with van der Waals surface area (Å²) < 4.78 is 0. The van der Waals surface area contributed by atoms with Gasteiger partial charge < -0.3 is 46.9 Å². The first-order chi connectivity index (χ1) is 25.9. The van der Waals surface area contributed by atoms with Gasteiger partial charge in [-0.15, -0.1) is 11.6 Å². The number of aromatic nitrogens is 1. The maximum atomic E-state index is 14.3. The van der Waals surface area contributed by atoms with Gasteiger partial charge in [-0.3, -0.25) is 28.8 Å².